The number of hydrogen-bond donors (Lipinski definition) is 2. The third-order valence-electron chi connectivity index (χ3n) is 5.23. The van der Waals surface area contributed by atoms with Gasteiger partial charge >= 0.3 is 12.1 Å². The number of anilines is 1. The van der Waals surface area contributed by atoms with E-state index in [1.165, 1.54) is 41.1 Å². The van der Waals surface area contributed by atoms with Crippen LogP contribution in [-0.2, 0) is 12.7 Å². The molecule has 2 N–H and O–H groups in total. The summed E-state index contributed by atoms with van der Waals surface area (Å²) in [4.78, 5) is 11.1. The number of benzene rings is 3. The van der Waals surface area contributed by atoms with Crippen LogP contribution in [0, 0.1) is 11.6 Å². The molecule has 36 heavy (non-hydrogen) atoms. The highest BCUT2D eigenvalue weighted by Gasteiger charge is 2.30. The lowest BCUT2D eigenvalue weighted by Gasteiger charge is -2.11. The second-order valence-electron chi connectivity index (χ2n) is 7.58. The summed E-state index contributed by atoms with van der Waals surface area (Å²) in [6, 6.07) is 11.1. The number of hydrogen-bond acceptors (Lipinski definition) is 3. The van der Waals surface area contributed by atoms with Gasteiger partial charge in [-0.3, -0.25) is 0 Å². The Kier molecular flexibility index (Phi) is 6.92. The van der Waals surface area contributed by atoms with Gasteiger partial charge in [-0.25, -0.2) is 18.3 Å². The molecule has 186 valence electrons. The number of rotatable bonds is 6. The molecule has 3 aromatic carbocycles. The van der Waals surface area contributed by atoms with Crippen LogP contribution in [0.25, 0.3) is 16.9 Å². The molecule has 1 heterocycles. The lowest BCUT2D eigenvalue weighted by atomic mass is 10.1. The van der Waals surface area contributed by atoms with Gasteiger partial charge in [0, 0.05) is 23.9 Å². The maximum absolute atomic E-state index is 14.4. The Hall–Kier alpha value is -3.63. The molecule has 0 fully saturated rings. The summed E-state index contributed by atoms with van der Waals surface area (Å²) in [5.41, 5.74) is 0.549. The molecular weight excluding hydrogens is 528 g/mol. The number of halogens is 7. The molecule has 0 atom stereocenters. The first-order chi connectivity index (χ1) is 17.0. The second-order valence-corrected chi connectivity index (χ2v) is 8.36. The Morgan fingerprint density at radius 1 is 1.00 bits per heavy atom. The lowest BCUT2D eigenvalue weighted by molar-refractivity contribution is -0.137. The van der Waals surface area contributed by atoms with Gasteiger partial charge in [0.25, 0.3) is 0 Å². The van der Waals surface area contributed by atoms with Gasteiger partial charge in [0.1, 0.15) is 5.02 Å². The Morgan fingerprint density at radius 3 is 2.22 bits per heavy atom. The van der Waals surface area contributed by atoms with E-state index in [-0.39, 0.29) is 23.5 Å². The van der Waals surface area contributed by atoms with Crippen molar-refractivity contribution in [2.24, 2.45) is 0 Å². The van der Waals surface area contributed by atoms with Gasteiger partial charge in [0.05, 0.1) is 33.2 Å². The Labute approximate surface area is 210 Å². The van der Waals surface area contributed by atoms with Crippen LogP contribution in [0.15, 0.2) is 60.8 Å². The molecular formula is C24H14Cl2F5N3O2. The molecule has 0 saturated heterocycles. The summed E-state index contributed by atoms with van der Waals surface area (Å²) in [6.07, 6.45) is -2.98. The van der Waals surface area contributed by atoms with Crippen molar-refractivity contribution in [3.8, 4) is 16.9 Å². The monoisotopic (exact) mass is 541 g/mol. The molecule has 5 nitrogen and oxygen atoms in total. The number of nitrogens with one attached hydrogen (secondary N) is 1. The largest absolute Gasteiger partial charge is 0.478 e. The third kappa shape index (κ3) is 5.14. The summed E-state index contributed by atoms with van der Waals surface area (Å²) < 4.78 is 68.6. The van der Waals surface area contributed by atoms with Crippen molar-refractivity contribution in [3.63, 3.8) is 0 Å². The third-order valence-corrected chi connectivity index (χ3v) is 5.83. The molecule has 1 aromatic heterocycles. The molecule has 0 saturated carbocycles. The molecule has 4 rings (SSSR count). The molecule has 0 bridgehead atoms. The van der Waals surface area contributed by atoms with Crippen LogP contribution in [0.3, 0.4) is 0 Å². The van der Waals surface area contributed by atoms with Crippen LogP contribution in [0.5, 0.6) is 0 Å². The first-order valence-electron chi connectivity index (χ1n) is 10.1. The topological polar surface area (TPSA) is 67.2 Å². The van der Waals surface area contributed by atoms with Gasteiger partial charge in [-0.2, -0.15) is 18.3 Å². The lowest BCUT2D eigenvalue weighted by Crippen LogP contribution is -2.05. The number of carboxylic acids is 1. The number of alkyl halides is 3. The number of aromatic nitrogens is 2. The van der Waals surface area contributed by atoms with E-state index in [9.17, 15) is 26.7 Å². The minimum absolute atomic E-state index is 0.0521. The summed E-state index contributed by atoms with van der Waals surface area (Å²) in [7, 11) is 0. The first kappa shape index (κ1) is 25.5. The summed E-state index contributed by atoms with van der Waals surface area (Å²) in [6.45, 7) is -0.0845. The summed E-state index contributed by atoms with van der Waals surface area (Å²) in [5, 5.41) is 15.1. The average molecular weight is 542 g/mol. The van der Waals surface area contributed by atoms with Gasteiger partial charge < -0.3 is 10.4 Å². The van der Waals surface area contributed by atoms with Gasteiger partial charge in [0.2, 0.25) is 0 Å². The molecule has 4 aromatic rings. The number of carboxylic acid groups (broad SMARTS) is 1. The molecule has 0 amide bonds. The Bertz CT molecular complexity index is 1440. The average Bonchev–Trinajstić information content (AvgIpc) is 3.28. The van der Waals surface area contributed by atoms with Crippen molar-refractivity contribution < 1.29 is 31.9 Å². The Balaban J connectivity index is 1.73. The fourth-order valence-electron chi connectivity index (χ4n) is 3.38. The zero-order chi connectivity index (χ0) is 26.2. The van der Waals surface area contributed by atoms with Crippen molar-refractivity contribution in [1.29, 1.82) is 0 Å². The zero-order valence-corrected chi connectivity index (χ0v) is 19.4. The first-order valence-corrected chi connectivity index (χ1v) is 10.9. The number of nitrogens with zero attached hydrogens (tertiary/aromatic N) is 2. The highest BCUT2D eigenvalue weighted by molar-refractivity contribution is 6.35. The van der Waals surface area contributed by atoms with E-state index in [1.54, 1.807) is 6.20 Å². The predicted octanol–water partition coefficient (Wildman–Crippen LogP) is 7.45. The standard InChI is InChI=1S/C24H14Cl2F5N3O2/c25-17-9-18(21(28)19(26)20(17)27)32-10-14-11-34(16-7-3-13(4-8-16)23(35)36)33-22(14)12-1-5-15(6-2-12)24(29,30)31/h1-9,11,32H,10H2,(H,35,36). The van der Waals surface area contributed by atoms with E-state index in [0.29, 0.717) is 16.8 Å². The van der Waals surface area contributed by atoms with Crippen LogP contribution in [0.2, 0.25) is 10.0 Å². The van der Waals surface area contributed by atoms with Crippen LogP contribution in [0.4, 0.5) is 27.6 Å². The maximum atomic E-state index is 14.4. The highest BCUT2D eigenvalue weighted by Crippen LogP contribution is 2.34. The molecule has 0 aliphatic heterocycles. The second kappa shape index (κ2) is 9.79. The van der Waals surface area contributed by atoms with Crippen LogP contribution < -0.4 is 5.32 Å². The summed E-state index contributed by atoms with van der Waals surface area (Å²) in [5.74, 6) is -3.29. The van der Waals surface area contributed by atoms with Crippen LogP contribution in [0.1, 0.15) is 21.5 Å². The van der Waals surface area contributed by atoms with E-state index in [1.807, 2.05) is 0 Å². The van der Waals surface area contributed by atoms with E-state index >= 15 is 0 Å². The fourth-order valence-corrected chi connectivity index (χ4v) is 3.84. The Morgan fingerprint density at radius 2 is 1.64 bits per heavy atom. The van der Waals surface area contributed by atoms with Gasteiger partial charge in [0.15, 0.2) is 11.6 Å². The molecule has 0 unspecified atom stereocenters. The number of aromatic carboxylic acids is 1. The SMILES string of the molecule is O=C(O)c1ccc(-n2cc(CNc3cc(Cl)c(F)c(Cl)c3F)c(-c3ccc(C(F)(F)F)cc3)n2)cc1. The van der Waals surface area contributed by atoms with E-state index < -0.39 is 39.4 Å². The van der Waals surface area contributed by atoms with Crippen LogP contribution >= 0.6 is 23.2 Å². The molecule has 0 radical (unpaired) electrons. The van der Waals surface area contributed by atoms with Crippen LogP contribution in [-0.4, -0.2) is 20.9 Å². The zero-order valence-electron chi connectivity index (χ0n) is 17.9. The normalized spacial score (nSPS) is 11.5. The fraction of sp³-hybridized carbons (Fsp3) is 0.0833. The van der Waals surface area contributed by atoms with Gasteiger partial charge in [-0.05, 0) is 42.5 Å². The van der Waals surface area contributed by atoms with Crippen molar-refractivity contribution in [2.45, 2.75) is 12.7 Å². The molecule has 0 spiro atoms. The highest BCUT2D eigenvalue weighted by atomic mass is 35.5. The smallest absolute Gasteiger partial charge is 0.416 e. The minimum Gasteiger partial charge on any atom is -0.478 e. The quantitative estimate of drug-likeness (QED) is 0.151. The maximum Gasteiger partial charge on any atom is 0.416 e. The van der Waals surface area contributed by atoms with E-state index in [0.717, 1.165) is 18.2 Å². The molecule has 0 aliphatic rings. The number of carbonyl (C=O) groups is 1. The van der Waals surface area contributed by atoms with Crippen molar-refractivity contribution in [1.82, 2.24) is 9.78 Å². The van der Waals surface area contributed by atoms with Crippen molar-refractivity contribution in [3.05, 3.63) is 99.2 Å². The predicted molar refractivity (Wildman–Crippen MR) is 125 cm³/mol. The molecule has 12 heteroatoms. The van der Waals surface area contributed by atoms with Crippen molar-refractivity contribution in [2.75, 3.05) is 5.32 Å². The minimum atomic E-state index is -4.52. The molecule has 0 aliphatic carbocycles. The van der Waals surface area contributed by atoms with Gasteiger partial charge in [-0.1, -0.05) is 35.3 Å². The van der Waals surface area contributed by atoms with Gasteiger partial charge in [-0.15, -0.1) is 0 Å². The van der Waals surface area contributed by atoms with E-state index in [2.05, 4.69) is 10.4 Å². The van der Waals surface area contributed by atoms with E-state index in [4.69, 9.17) is 28.3 Å². The van der Waals surface area contributed by atoms with Crippen molar-refractivity contribution >= 4 is 34.9 Å². The summed E-state index contributed by atoms with van der Waals surface area (Å²) >= 11 is 11.4.